The lowest BCUT2D eigenvalue weighted by Gasteiger charge is -2.13. The number of para-hydroxylation sites is 3. The number of benzene rings is 8. The maximum absolute atomic E-state index is 4.87. The Bertz CT molecular complexity index is 3270. The number of nitrogens with zero attached hydrogens (tertiary/aromatic N) is 5. The second kappa shape index (κ2) is 13.3. The van der Waals surface area contributed by atoms with Crippen molar-refractivity contribution in [1.29, 1.82) is 0 Å². The lowest BCUT2D eigenvalue weighted by Crippen LogP contribution is -2.00. The average Bonchev–Trinajstić information content (AvgIpc) is 3.80. The zero-order valence-corrected chi connectivity index (χ0v) is 31.2. The summed E-state index contributed by atoms with van der Waals surface area (Å²) in [6.45, 7) is 1.92. The smallest absolute Gasteiger partial charge is 0.163 e. The Hall–Kier alpha value is -7.63. The summed E-state index contributed by atoms with van der Waals surface area (Å²) in [5.74, 6) is 2.03. The van der Waals surface area contributed by atoms with Crippen LogP contribution in [0.1, 0.15) is 5.82 Å². The highest BCUT2D eigenvalue weighted by Crippen LogP contribution is 2.41. The molecular weight excluding hydrogens is 695 g/mol. The molecule has 0 fully saturated rings. The van der Waals surface area contributed by atoms with Gasteiger partial charge in [0.1, 0.15) is 5.82 Å². The van der Waals surface area contributed by atoms with Crippen LogP contribution in [0.25, 0.3) is 100 Å². The second-order valence-electron chi connectivity index (χ2n) is 14.5. The molecule has 0 bridgehead atoms. The molecule has 0 saturated carbocycles. The van der Waals surface area contributed by atoms with Gasteiger partial charge in [-0.2, -0.15) is 0 Å². The van der Waals surface area contributed by atoms with Crippen molar-refractivity contribution in [2.45, 2.75) is 6.92 Å². The third-order valence-corrected chi connectivity index (χ3v) is 11.1. The van der Waals surface area contributed by atoms with E-state index in [9.17, 15) is 0 Å². The summed E-state index contributed by atoms with van der Waals surface area (Å²) in [6, 6.07) is 69.2. The zero-order valence-electron chi connectivity index (χ0n) is 31.2. The number of hydrogen-bond acceptors (Lipinski definition) is 3. The minimum atomic E-state index is 0.662. The molecule has 0 unspecified atom stereocenters. The van der Waals surface area contributed by atoms with Gasteiger partial charge in [0, 0.05) is 49.6 Å². The van der Waals surface area contributed by atoms with Gasteiger partial charge in [-0.3, -0.25) is 0 Å². The molecule has 5 heteroatoms. The Morgan fingerprint density at radius 3 is 1.49 bits per heavy atom. The van der Waals surface area contributed by atoms with Crippen LogP contribution in [0, 0.1) is 6.92 Å². The lowest BCUT2D eigenvalue weighted by atomic mass is 9.99. The van der Waals surface area contributed by atoms with Crippen LogP contribution in [0.15, 0.2) is 194 Å². The van der Waals surface area contributed by atoms with Crippen LogP contribution in [0.2, 0.25) is 0 Å². The molecule has 5 nitrogen and oxygen atoms in total. The minimum Gasteiger partial charge on any atom is -0.309 e. The summed E-state index contributed by atoms with van der Waals surface area (Å²) in [5.41, 5.74) is 13.6. The fourth-order valence-corrected chi connectivity index (χ4v) is 8.46. The maximum atomic E-state index is 4.87. The van der Waals surface area contributed by atoms with E-state index in [-0.39, 0.29) is 0 Å². The van der Waals surface area contributed by atoms with Gasteiger partial charge in [-0.1, -0.05) is 133 Å². The van der Waals surface area contributed by atoms with Crippen LogP contribution in [-0.2, 0) is 0 Å². The third kappa shape index (κ3) is 5.51. The zero-order chi connectivity index (χ0) is 37.9. The first-order valence-electron chi connectivity index (χ1n) is 19.3. The van der Waals surface area contributed by atoms with E-state index < -0.39 is 0 Å². The van der Waals surface area contributed by atoms with Gasteiger partial charge in [-0.25, -0.2) is 15.0 Å². The second-order valence-corrected chi connectivity index (χ2v) is 14.5. The van der Waals surface area contributed by atoms with Crippen molar-refractivity contribution < 1.29 is 0 Å². The summed E-state index contributed by atoms with van der Waals surface area (Å²) < 4.78 is 4.79. The van der Waals surface area contributed by atoms with E-state index in [1.54, 1.807) is 0 Å². The number of aromatic nitrogens is 5. The van der Waals surface area contributed by atoms with Crippen LogP contribution >= 0.6 is 0 Å². The topological polar surface area (TPSA) is 48.5 Å². The van der Waals surface area contributed by atoms with Crippen molar-refractivity contribution in [3.8, 4) is 56.4 Å². The van der Waals surface area contributed by atoms with Crippen LogP contribution < -0.4 is 0 Å². The fourth-order valence-electron chi connectivity index (χ4n) is 8.46. The average molecular weight is 730 g/mol. The van der Waals surface area contributed by atoms with E-state index in [0.29, 0.717) is 17.5 Å². The molecule has 11 rings (SSSR count). The van der Waals surface area contributed by atoms with E-state index in [4.69, 9.17) is 9.97 Å². The molecule has 0 saturated heterocycles. The lowest BCUT2D eigenvalue weighted by molar-refractivity contribution is 0.991. The normalized spacial score (nSPS) is 11.6. The van der Waals surface area contributed by atoms with Crippen molar-refractivity contribution in [3.63, 3.8) is 0 Å². The molecular formula is C52H35N5. The molecule has 0 N–H and O–H groups in total. The third-order valence-electron chi connectivity index (χ3n) is 11.1. The van der Waals surface area contributed by atoms with Crippen LogP contribution in [0.3, 0.4) is 0 Å². The molecule has 3 aromatic heterocycles. The fraction of sp³-hybridized carbons (Fsp3) is 0.0192. The van der Waals surface area contributed by atoms with Crippen molar-refractivity contribution >= 4 is 43.6 Å². The molecule has 0 atom stereocenters. The molecule has 0 radical (unpaired) electrons. The molecule has 8 aromatic carbocycles. The summed E-state index contributed by atoms with van der Waals surface area (Å²) in [7, 11) is 0. The highest BCUT2D eigenvalue weighted by atomic mass is 15.0. The van der Waals surface area contributed by atoms with Crippen molar-refractivity contribution in [2.75, 3.05) is 0 Å². The van der Waals surface area contributed by atoms with E-state index >= 15 is 0 Å². The number of hydrogen-bond donors (Lipinski definition) is 0. The quantitative estimate of drug-likeness (QED) is 0.171. The number of fused-ring (bicyclic) bond motifs is 6. The van der Waals surface area contributed by atoms with Crippen LogP contribution in [0.4, 0.5) is 0 Å². The Labute approximate surface area is 329 Å². The molecule has 57 heavy (non-hydrogen) atoms. The maximum Gasteiger partial charge on any atom is 0.163 e. The highest BCUT2D eigenvalue weighted by molar-refractivity contribution is 6.15. The Balaban J connectivity index is 1.05. The van der Waals surface area contributed by atoms with Gasteiger partial charge in [0.2, 0.25) is 0 Å². The molecule has 11 aromatic rings. The van der Waals surface area contributed by atoms with Gasteiger partial charge in [-0.05, 0) is 84.3 Å². The Kier molecular flexibility index (Phi) is 7.64. The first-order valence-corrected chi connectivity index (χ1v) is 19.3. The van der Waals surface area contributed by atoms with Crippen molar-refractivity contribution in [3.05, 3.63) is 200 Å². The first kappa shape index (κ1) is 32.8. The summed E-state index contributed by atoms with van der Waals surface area (Å²) >= 11 is 0. The van der Waals surface area contributed by atoms with E-state index in [1.807, 2.05) is 37.3 Å². The Morgan fingerprint density at radius 1 is 0.333 bits per heavy atom. The summed E-state index contributed by atoms with van der Waals surface area (Å²) in [4.78, 5) is 14.2. The molecule has 268 valence electrons. The largest absolute Gasteiger partial charge is 0.309 e. The van der Waals surface area contributed by atoms with Gasteiger partial charge in [-0.15, -0.1) is 0 Å². The van der Waals surface area contributed by atoms with Gasteiger partial charge >= 0.3 is 0 Å². The molecule has 0 aliphatic rings. The van der Waals surface area contributed by atoms with Crippen LogP contribution in [-0.4, -0.2) is 24.1 Å². The van der Waals surface area contributed by atoms with Gasteiger partial charge in [0.15, 0.2) is 11.6 Å². The molecule has 0 amide bonds. The van der Waals surface area contributed by atoms with Gasteiger partial charge in [0.05, 0.1) is 22.1 Å². The van der Waals surface area contributed by atoms with Gasteiger partial charge < -0.3 is 9.13 Å². The van der Waals surface area contributed by atoms with E-state index in [0.717, 1.165) is 28.0 Å². The minimum absolute atomic E-state index is 0.662. The van der Waals surface area contributed by atoms with Crippen LogP contribution in [0.5, 0.6) is 0 Å². The summed E-state index contributed by atoms with van der Waals surface area (Å²) in [6.07, 6.45) is 0. The van der Waals surface area contributed by atoms with Crippen molar-refractivity contribution in [1.82, 2.24) is 24.1 Å². The standard InChI is InChI=1S/C52H35N5/c1-34-53-51(37-15-6-3-7-16-37)55-52(54-34)38-25-30-41(31-26-38)57-48-22-11-8-17-43(48)45-20-12-19-42(50(45)57)39-27-32-49-46(33-39)44-18-9-10-21-47(44)56(49)40-28-23-36(24-29-40)35-13-4-2-5-14-35/h2-33H,1H3. The SMILES string of the molecule is Cc1nc(-c2ccccc2)nc(-c2ccc(-n3c4ccccc4c4cccc(-c5ccc6c(c5)c5ccccc5n6-c5ccc(-c6ccccc6)cc5)c43)cc2)n1. The number of aryl methyl sites for hydroxylation is 1. The predicted octanol–water partition coefficient (Wildman–Crippen LogP) is 13.0. The molecule has 0 aliphatic heterocycles. The number of rotatable bonds is 6. The molecule has 0 aliphatic carbocycles. The summed E-state index contributed by atoms with van der Waals surface area (Å²) in [5, 5.41) is 4.89. The van der Waals surface area contributed by atoms with E-state index in [2.05, 4.69) is 178 Å². The Morgan fingerprint density at radius 2 is 0.807 bits per heavy atom. The highest BCUT2D eigenvalue weighted by Gasteiger charge is 2.19. The first-order chi connectivity index (χ1) is 28.2. The van der Waals surface area contributed by atoms with Gasteiger partial charge in [0.25, 0.3) is 0 Å². The molecule has 0 spiro atoms. The van der Waals surface area contributed by atoms with Crippen molar-refractivity contribution in [2.24, 2.45) is 0 Å². The molecule has 3 heterocycles. The predicted molar refractivity (Wildman–Crippen MR) is 235 cm³/mol. The van der Waals surface area contributed by atoms with E-state index in [1.165, 1.54) is 60.3 Å². The monoisotopic (exact) mass is 729 g/mol.